The second-order valence-corrected chi connectivity index (χ2v) is 9.27. The summed E-state index contributed by atoms with van der Waals surface area (Å²) in [5.41, 5.74) is 6.70. The van der Waals surface area contributed by atoms with Crippen LogP contribution in [-0.4, -0.2) is 37.1 Å². The largest absolute Gasteiger partial charge is 0.475 e. The molecule has 0 aromatic heterocycles. The van der Waals surface area contributed by atoms with Crippen LogP contribution in [0.3, 0.4) is 0 Å². The topological polar surface area (TPSA) is 43.2 Å². The van der Waals surface area contributed by atoms with Gasteiger partial charge in [0.25, 0.3) is 0 Å². The monoisotopic (exact) mass is 472 g/mol. The van der Waals surface area contributed by atoms with E-state index in [-0.39, 0.29) is 12.1 Å². The molecule has 0 amide bonds. The van der Waals surface area contributed by atoms with Gasteiger partial charge in [-0.2, -0.15) is 0 Å². The minimum absolute atomic E-state index is 0.118. The Labute approximate surface area is 212 Å². The van der Waals surface area contributed by atoms with E-state index in [1.165, 1.54) is 11.1 Å². The molecule has 2 atom stereocenters. The van der Waals surface area contributed by atoms with Crippen LogP contribution in [0.2, 0.25) is 0 Å². The zero-order valence-electron chi connectivity index (χ0n) is 20.1. The predicted octanol–water partition coefficient (Wildman–Crippen LogP) is 6.13. The van der Waals surface area contributed by atoms with Gasteiger partial charge in [0.2, 0.25) is 11.8 Å². The number of aliphatic imine (C=N–C) groups is 2. The van der Waals surface area contributed by atoms with Crippen molar-refractivity contribution in [2.24, 2.45) is 9.98 Å². The van der Waals surface area contributed by atoms with Gasteiger partial charge in [0.15, 0.2) is 0 Å². The van der Waals surface area contributed by atoms with E-state index in [9.17, 15) is 0 Å². The third-order valence-corrected chi connectivity index (χ3v) is 6.66. The molecular formula is C32H28N2O2. The molecule has 4 aromatic rings. The Morgan fingerprint density at radius 2 is 0.833 bits per heavy atom. The van der Waals surface area contributed by atoms with Crippen LogP contribution < -0.4 is 0 Å². The zero-order chi connectivity index (χ0) is 24.2. The van der Waals surface area contributed by atoms with Crippen molar-refractivity contribution in [3.63, 3.8) is 0 Å². The molecule has 2 aliphatic rings. The smallest absolute Gasteiger partial charge is 0.217 e. The lowest BCUT2D eigenvalue weighted by atomic mass is 9.95. The fourth-order valence-corrected chi connectivity index (χ4v) is 4.92. The lowest BCUT2D eigenvalue weighted by molar-refractivity contribution is 0.316. The Hall–Kier alpha value is -4.18. The first-order chi connectivity index (χ1) is 17.8. The summed E-state index contributed by atoms with van der Waals surface area (Å²) in [6.07, 6.45) is 1.74. The number of rotatable bonds is 7. The van der Waals surface area contributed by atoms with E-state index in [0.29, 0.717) is 25.0 Å². The molecule has 0 N–H and O–H groups in total. The van der Waals surface area contributed by atoms with Gasteiger partial charge in [0, 0.05) is 11.1 Å². The molecule has 0 saturated heterocycles. The number of benzene rings is 4. The number of hydrogen-bond acceptors (Lipinski definition) is 4. The highest BCUT2D eigenvalue weighted by atomic mass is 16.5. The molecule has 0 fully saturated rings. The molecule has 4 nitrogen and oxygen atoms in total. The minimum atomic E-state index is 0.118. The third-order valence-electron chi connectivity index (χ3n) is 6.66. The van der Waals surface area contributed by atoms with Crippen LogP contribution in [0.25, 0.3) is 11.1 Å². The van der Waals surface area contributed by atoms with E-state index in [1.807, 2.05) is 24.3 Å². The van der Waals surface area contributed by atoms with Crippen molar-refractivity contribution in [2.75, 3.05) is 13.2 Å². The highest BCUT2D eigenvalue weighted by Crippen LogP contribution is 2.31. The van der Waals surface area contributed by atoms with Gasteiger partial charge in [-0.3, -0.25) is 0 Å². The summed E-state index contributed by atoms with van der Waals surface area (Å²) < 4.78 is 12.2. The average molecular weight is 473 g/mol. The van der Waals surface area contributed by atoms with E-state index >= 15 is 0 Å². The summed E-state index contributed by atoms with van der Waals surface area (Å²) in [6, 6.07) is 37.8. The van der Waals surface area contributed by atoms with Crippen molar-refractivity contribution in [1.29, 1.82) is 0 Å². The van der Waals surface area contributed by atoms with Crippen LogP contribution in [0.1, 0.15) is 22.3 Å². The number of nitrogens with zero attached hydrogens (tertiary/aromatic N) is 2. The highest BCUT2D eigenvalue weighted by Gasteiger charge is 2.26. The van der Waals surface area contributed by atoms with E-state index in [1.54, 1.807) is 0 Å². The first kappa shape index (κ1) is 22.3. The van der Waals surface area contributed by atoms with Gasteiger partial charge in [-0.25, -0.2) is 9.98 Å². The van der Waals surface area contributed by atoms with Crippen molar-refractivity contribution < 1.29 is 9.47 Å². The van der Waals surface area contributed by atoms with Crippen LogP contribution in [-0.2, 0) is 22.3 Å². The van der Waals surface area contributed by atoms with Crippen LogP contribution in [0.5, 0.6) is 0 Å². The fourth-order valence-electron chi connectivity index (χ4n) is 4.92. The Balaban J connectivity index is 1.29. The van der Waals surface area contributed by atoms with Gasteiger partial charge in [0.1, 0.15) is 13.2 Å². The van der Waals surface area contributed by atoms with Gasteiger partial charge in [0.05, 0.1) is 12.1 Å². The van der Waals surface area contributed by atoms with Crippen molar-refractivity contribution in [2.45, 2.75) is 24.9 Å². The highest BCUT2D eigenvalue weighted by molar-refractivity contribution is 6.07. The molecule has 0 unspecified atom stereocenters. The van der Waals surface area contributed by atoms with E-state index < -0.39 is 0 Å². The normalized spacial score (nSPS) is 18.8. The van der Waals surface area contributed by atoms with E-state index in [0.717, 1.165) is 35.1 Å². The third kappa shape index (κ3) is 4.80. The van der Waals surface area contributed by atoms with E-state index in [4.69, 9.17) is 19.5 Å². The van der Waals surface area contributed by atoms with Crippen LogP contribution in [0.4, 0.5) is 0 Å². The molecule has 6 rings (SSSR count). The molecular weight excluding hydrogens is 444 g/mol. The van der Waals surface area contributed by atoms with Gasteiger partial charge < -0.3 is 9.47 Å². The summed E-state index contributed by atoms with van der Waals surface area (Å²) in [5, 5.41) is 0. The minimum Gasteiger partial charge on any atom is -0.475 e. The lowest BCUT2D eigenvalue weighted by Crippen LogP contribution is -2.10. The van der Waals surface area contributed by atoms with Crippen molar-refractivity contribution >= 4 is 11.8 Å². The SMILES string of the molecule is c1ccc(C[C@H]2COC(c3ccccc3-c3ccccc3C3=N[C@@H](Cc4ccccc4)CO3)=N2)cc1. The van der Waals surface area contributed by atoms with Crippen molar-refractivity contribution in [3.05, 3.63) is 131 Å². The summed E-state index contributed by atoms with van der Waals surface area (Å²) >= 11 is 0. The molecule has 2 heterocycles. The lowest BCUT2D eigenvalue weighted by Gasteiger charge is -2.13. The maximum atomic E-state index is 6.12. The van der Waals surface area contributed by atoms with E-state index in [2.05, 4.69) is 84.9 Å². The molecule has 0 radical (unpaired) electrons. The Kier molecular flexibility index (Phi) is 6.32. The molecule has 4 heteroatoms. The molecule has 0 saturated carbocycles. The first-order valence-corrected chi connectivity index (χ1v) is 12.5. The average Bonchev–Trinajstić information content (AvgIpc) is 3.60. The van der Waals surface area contributed by atoms with Gasteiger partial charge in [-0.1, -0.05) is 97.1 Å². The molecule has 4 aromatic carbocycles. The van der Waals surface area contributed by atoms with Crippen LogP contribution in [0.15, 0.2) is 119 Å². The zero-order valence-corrected chi connectivity index (χ0v) is 20.1. The fraction of sp³-hybridized carbons (Fsp3) is 0.188. The first-order valence-electron chi connectivity index (χ1n) is 12.5. The van der Waals surface area contributed by atoms with Gasteiger partial charge >= 0.3 is 0 Å². The van der Waals surface area contributed by atoms with Crippen LogP contribution >= 0.6 is 0 Å². The van der Waals surface area contributed by atoms with Gasteiger partial charge in [-0.15, -0.1) is 0 Å². The molecule has 0 bridgehead atoms. The Morgan fingerprint density at radius 1 is 0.472 bits per heavy atom. The molecule has 0 aliphatic carbocycles. The van der Waals surface area contributed by atoms with Crippen molar-refractivity contribution in [3.8, 4) is 11.1 Å². The Morgan fingerprint density at radius 3 is 1.25 bits per heavy atom. The molecule has 178 valence electrons. The summed E-state index contributed by atoms with van der Waals surface area (Å²) in [5.74, 6) is 1.41. The predicted molar refractivity (Wildman–Crippen MR) is 145 cm³/mol. The Bertz CT molecular complexity index is 1290. The molecule has 36 heavy (non-hydrogen) atoms. The maximum absolute atomic E-state index is 6.12. The number of ether oxygens (including phenoxy) is 2. The standard InChI is InChI=1S/C32H28N2O2/c1-3-11-23(12-4-1)19-25-21-35-31(33-25)29-17-9-7-15-27(29)28-16-8-10-18-30(28)32-34-26(22-36-32)20-24-13-5-2-6-14-24/h1-18,25-26H,19-22H2/t25-,26-/m0/s1. The molecule has 0 spiro atoms. The maximum Gasteiger partial charge on any atom is 0.217 e. The van der Waals surface area contributed by atoms with Crippen LogP contribution in [0, 0.1) is 0 Å². The summed E-state index contributed by atoms with van der Waals surface area (Å²) in [4.78, 5) is 9.92. The summed E-state index contributed by atoms with van der Waals surface area (Å²) in [6.45, 7) is 1.19. The van der Waals surface area contributed by atoms with Gasteiger partial charge in [-0.05, 0) is 47.2 Å². The van der Waals surface area contributed by atoms with Crippen molar-refractivity contribution in [1.82, 2.24) is 0 Å². The number of hydrogen-bond donors (Lipinski definition) is 0. The molecule has 2 aliphatic heterocycles. The summed E-state index contributed by atoms with van der Waals surface area (Å²) in [7, 11) is 0. The second-order valence-electron chi connectivity index (χ2n) is 9.27. The second kappa shape index (κ2) is 10.2. The quantitative estimate of drug-likeness (QED) is 0.325.